The first-order valence-corrected chi connectivity index (χ1v) is 11.3. The smallest absolute Gasteiger partial charge is 0.341 e. The molecule has 1 amide bonds. The zero-order chi connectivity index (χ0) is 21.0. The van der Waals surface area contributed by atoms with E-state index < -0.39 is 23.8 Å². The minimum Gasteiger partial charge on any atom is -0.481 e. The van der Waals surface area contributed by atoms with Gasteiger partial charge in [0, 0.05) is 4.88 Å². The number of fused-ring (bicyclic) bond motifs is 1. The van der Waals surface area contributed by atoms with Gasteiger partial charge in [0.15, 0.2) is 0 Å². The fourth-order valence-electron chi connectivity index (χ4n) is 4.16. The number of thiophene rings is 1. The Balaban J connectivity index is 1.88. The number of aliphatic carboxylic acids is 1. The van der Waals surface area contributed by atoms with Gasteiger partial charge in [-0.3, -0.25) is 9.59 Å². The number of allylic oxidation sites excluding steroid dienone is 2. The number of ether oxygens (including phenoxy) is 1. The fourth-order valence-corrected chi connectivity index (χ4v) is 5.51. The van der Waals surface area contributed by atoms with Gasteiger partial charge in [-0.05, 0) is 50.0 Å². The van der Waals surface area contributed by atoms with Gasteiger partial charge in [0.2, 0.25) is 5.91 Å². The second kappa shape index (κ2) is 9.57. The topological polar surface area (TPSA) is 92.7 Å². The largest absolute Gasteiger partial charge is 0.481 e. The van der Waals surface area contributed by atoms with Crippen molar-refractivity contribution in [2.75, 3.05) is 11.9 Å². The number of amides is 1. The molecule has 7 heteroatoms. The number of hydrogen-bond acceptors (Lipinski definition) is 5. The van der Waals surface area contributed by atoms with Gasteiger partial charge < -0.3 is 15.2 Å². The molecule has 0 bridgehead atoms. The summed E-state index contributed by atoms with van der Waals surface area (Å²) in [6.45, 7) is 4.45. The Morgan fingerprint density at radius 1 is 1.21 bits per heavy atom. The van der Waals surface area contributed by atoms with Crippen molar-refractivity contribution in [1.29, 1.82) is 0 Å². The Kier molecular flexibility index (Phi) is 7.11. The van der Waals surface area contributed by atoms with Crippen LogP contribution in [0.25, 0.3) is 0 Å². The Morgan fingerprint density at radius 2 is 1.93 bits per heavy atom. The molecule has 0 aromatic carbocycles. The second-order valence-corrected chi connectivity index (χ2v) is 8.95. The zero-order valence-corrected chi connectivity index (χ0v) is 17.8. The maximum Gasteiger partial charge on any atom is 0.341 e. The second-order valence-electron chi connectivity index (χ2n) is 7.84. The van der Waals surface area contributed by atoms with Crippen LogP contribution in [0.3, 0.4) is 0 Å². The van der Waals surface area contributed by atoms with E-state index in [0.717, 1.165) is 42.5 Å². The van der Waals surface area contributed by atoms with Crippen molar-refractivity contribution in [2.24, 2.45) is 17.8 Å². The highest BCUT2D eigenvalue weighted by Gasteiger charge is 2.36. The van der Waals surface area contributed by atoms with Crippen molar-refractivity contribution in [1.82, 2.24) is 0 Å². The molecule has 0 radical (unpaired) electrons. The van der Waals surface area contributed by atoms with Gasteiger partial charge in [0.05, 0.1) is 24.0 Å². The predicted octanol–water partition coefficient (Wildman–Crippen LogP) is 4.44. The molecule has 0 saturated carbocycles. The lowest BCUT2D eigenvalue weighted by molar-refractivity contribution is -0.146. The molecule has 0 unspecified atom stereocenters. The molecule has 2 N–H and O–H groups in total. The molecular weight excluding hydrogens is 390 g/mol. The highest BCUT2D eigenvalue weighted by atomic mass is 32.1. The summed E-state index contributed by atoms with van der Waals surface area (Å²) in [6.07, 6.45) is 8.95. The van der Waals surface area contributed by atoms with Crippen LogP contribution < -0.4 is 5.32 Å². The number of rotatable bonds is 7. The van der Waals surface area contributed by atoms with Gasteiger partial charge in [0.25, 0.3) is 0 Å². The van der Waals surface area contributed by atoms with E-state index in [1.165, 1.54) is 11.3 Å². The van der Waals surface area contributed by atoms with Gasteiger partial charge in [-0.2, -0.15) is 0 Å². The molecule has 2 aliphatic carbocycles. The minimum absolute atomic E-state index is 0.336. The molecule has 3 rings (SSSR count). The Morgan fingerprint density at radius 3 is 2.59 bits per heavy atom. The van der Waals surface area contributed by atoms with Crippen molar-refractivity contribution in [3.63, 3.8) is 0 Å². The monoisotopic (exact) mass is 419 g/mol. The highest BCUT2D eigenvalue weighted by molar-refractivity contribution is 7.17. The van der Waals surface area contributed by atoms with Crippen molar-refractivity contribution < 1.29 is 24.2 Å². The third kappa shape index (κ3) is 4.71. The third-order valence-electron chi connectivity index (χ3n) is 5.91. The average molecular weight is 420 g/mol. The van der Waals surface area contributed by atoms with Crippen molar-refractivity contribution in [3.8, 4) is 0 Å². The molecule has 6 nitrogen and oxygen atoms in total. The summed E-state index contributed by atoms with van der Waals surface area (Å²) in [5.41, 5.74) is 1.47. The summed E-state index contributed by atoms with van der Waals surface area (Å²) in [6, 6.07) is 0. The predicted molar refractivity (Wildman–Crippen MR) is 112 cm³/mol. The molecule has 3 atom stereocenters. The molecule has 158 valence electrons. The number of carbonyl (C=O) groups is 3. The van der Waals surface area contributed by atoms with E-state index in [9.17, 15) is 19.5 Å². The molecular formula is C22H29NO5S. The van der Waals surface area contributed by atoms with Crippen LogP contribution in [-0.2, 0) is 27.2 Å². The van der Waals surface area contributed by atoms with Gasteiger partial charge in [-0.25, -0.2) is 4.79 Å². The molecule has 0 saturated heterocycles. The number of carbonyl (C=O) groups excluding carboxylic acids is 2. The first kappa shape index (κ1) is 21.6. The van der Waals surface area contributed by atoms with Gasteiger partial charge in [-0.1, -0.05) is 32.4 Å². The summed E-state index contributed by atoms with van der Waals surface area (Å²) in [5.74, 6) is -2.49. The summed E-state index contributed by atoms with van der Waals surface area (Å²) in [7, 11) is 0. The van der Waals surface area contributed by atoms with Crippen LogP contribution in [0.5, 0.6) is 0 Å². The van der Waals surface area contributed by atoms with Crippen LogP contribution in [-0.4, -0.2) is 29.6 Å². The average Bonchev–Trinajstić information content (AvgIpc) is 3.08. The van der Waals surface area contributed by atoms with E-state index in [0.29, 0.717) is 35.9 Å². The molecule has 1 aromatic rings. The van der Waals surface area contributed by atoms with Crippen LogP contribution in [0.15, 0.2) is 12.2 Å². The Bertz CT molecular complexity index is 812. The number of hydrogen-bond donors (Lipinski definition) is 2. The van der Waals surface area contributed by atoms with E-state index in [4.69, 9.17) is 4.74 Å². The first-order valence-electron chi connectivity index (χ1n) is 10.5. The number of esters is 1. The van der Waals surface area contributed by atoms with E-state index in [2.05, 4.69) is 12.2 Å². The maximum absolute atomic E-state index is 13.0. The van der Waals surface area contributed by atoms with Crippen LogP contribution in [0, 0.1) is 17.8 Å². The van der Waals surface area contributed by atoms with Crippen molar-refractivity contribution in [2.45, 2.75) is 58.8 Å². The van der Waals surface area contributed by atoms with Gasteiger partial charge in [0.1, 0.15) is 5.00 Å². The third-order valence-corrected chi connectivity index (χ3v) is 7.08. The molecule has 0 spiro atoms. The molecule has 0 aliphatic heterocycles. The number of anilines is 1. The lowest BCUT2D eigenvalue weighted by Gasteiger charge is -2.24. The van der Waals surface area contributed by atoms with Gasteiger partial charge in [-0.15, -0.1) is 11.3 Å². The maximum atomic E-state index is 13.0. The number of nitrogens with one attached hydrogen (secondary N) is 1. The molecule has 0 fully saturated rings. The molecule has 2 aliphatic rings. The normalized spacial score (nSPS) is 23.3. The van der Waals surface area contributed by atoms with Crippen molar-refractivity contribution >= 4 is 34.2 Å². The van der Waals surface area contributed by atoms with E-state index in [-0.39, 0.29) is 5.91 Å². The van der Waals surface area contributed by atoms with E-state index in [1.54, 1.807) is 0 Å². The van der Waals surface area contributed by atoms with Crippen LogP contribution in [0.2, 0.25) is 0 Å². The van der Waals surface area contributed by atoms with Crippen LogP contribution in [0.1, 0.15) is 66.8 Å². The summed E-state index contributed by atoms with van der Waals surface area (Å²) < 4.78 is 5.39. The quantitative estimate of drug-likeness (QED) is 0.504. The van der Waals surface area contributed by atoms with Crippen LogP contribution >= 0.6 is 11.3 Å². The highest BCUT2D eigenvalue weighted by Crippen LogP contribution is 2.41. The summed E-state index contributed by atoms with van der Waals surface area (Å²) in [5, 5.41) is 12.9. The lowest BCUT2D eigenvalue weighted by Crippen LogP contribution is -2.34. The summed E-state index contributed by atoms with van der Waals surface area (Å²) in [4.78, 5) is 38.4. The minimum atomic E-state index is -0.964. The van der Waals surface area contributed by atoms with Gasteiger partial charge >= 0.3 is 11.9 Å². The number of carboxylic acid groups (broad SMARTS) is 1. The Hall–Kier alpha value is -2.15. The zero-order valence-electron chi connectivity index (χ0n) is 17.0. The molecule has 1 aromatic heterocycles. The lowest BCUT2D eigenvalue weighted by atomic mass is 9.82. The molecule has 1 heterocycles. The van der Waals surface area contributed by atoms with E-state index >= 15 is 0 Å². The van der Waals surface area contributed by atoms with Crippen molar-refractivity contribution in [3.05, 3.63) is 28.2 Å². The number of carboxylic acids is 1. The first-order chi connectivity index (χ1) is 14.0. The molecule has 29 heavy (non-hydrogen) atoms. The summed E-state index contributed by atoms with van der Waals surface area (Å²) >= 11 is 1.45. The fraction of sp³-hybridized carbons (Fsp3) is 0.591. The van der Waals surface area contributed by atoms with Crippen LogP contribution in [0.4, 0.5) is 5.00 Å². The Labute approximate surface area is 175 Å². The SMILES string of the molecule is CCCOC(=O)c1c(NC(=O)[C@H]2CC=CC[C@@H]2C(=O)O)sc2c1CC[C@@H](CC)C2. The standard InChI is InChI=1S/C22H29NO5S/c1-3-11-28-22(27)18-16-10-9-13(4-2)12-17(16)29-20(18)23-19(24)14-7-5-6-8-15(14)21(25)26/h5-6,13-15H,3-4,7-12H2,1-2H3,(H,23,24)(H,25,26)/t13-,14+,15+/m1/s1. The van der Waals surface area contributed by atoms with E-state index in [1.807, 2.05) is 19.1 Å².